The Morgan fingerprint density at radius 1 is 1.31 bits per heavy atom. The Morgan fingerprint density at radius 2 is 2.06 bits per heavy atom. The second-order valence-electron chi connectivity index (χ2n) is 4.22. The molecule has 0 spiro atoms. The van der Waals surface area contributed by atoms with Crippen LogP contribution in [0.3, 0.4) is 0 Å². The highest BCUT2D eigenvalue weighted by molar-refractivity contribution is 6.42. The summed E-state index contributed by atoms with van der Waals surface area (Å²) in [6.07, 6.45) is 2.47. The lowest BCUT2D eigenvalue weighted by molar-refractivity contribution is -0.0375. The van der Waals surface area contributed by atoms with E-state index in [0.717, 1.165) is 24.9 Å². The lowest BCUT2D eigenvalue weighted by Crippen LogP contribution is -2.35. The molecule has 0 heterocycles. The summed E-state index contributed by atoms with van der Waals surface area (Å²) >= 11 is 12.0. The molecule has 0 atom stereocenters. The first-order valence-electron chi connectivity index (χ1n) is 5.45. The van der Waals surface area contributed by atoms with Gasteiger partial charge in [0.2, 0.25) is 0 Å². The zero-order valence-corrected chi connectivity index (χ0v) is 10.5. The van der Waals surface area contributed by atoms with Crippen molar-refractivity contribution in [1.29, 1.82) is 0 Å². The van der Waals surface area contributed by atoms with Crippen molar-refractivity contribution in [3.63, 3.8) is 0 Å². The van der Waals surface area contributed by atoms with Crippen molar-refractivity contribution < 1.29 is 4.74 Å². The molecule has 0 radical (unpaired) electrons. The largest absolute Gasteiger partial charge is 0.373 e. The molecule has 1 aromatic carbocycles. The average Bonchev–Trinajstić information content (AvgIpc) is 2.22. The van der Waals surface area contributed by atoms with E-state index < -0.39 is 0 Å². The van der Waals surface area contributed by atoms with Crippen molar-refractivity contribution in [2.75, 3.05) is 6.54 Å². The Hall–Kier alpha value is -0.280. The van der Waals surface area contributed by atoms with Crippen LogP contribution in [0, 0.1) is 5.92 Å². The third-order valence-electron chi connectivity index (χ3n) is 3.03. The summed E-state index contributed by atoms with van der Waals surface area (Å²) in [6.45, 7) is 1.29. The second kappa shape index (κ2) is 5.37. The molecule has 1 aliphatic rings. The van der Waals surface area contributed by atoms with Gasteiger partial charge in [0.1, 0.15) is 0 Å². The van der Waals surface area contributed by atoms with Crippen LogP contribution in [-0.4, -0.2) is 12.6 Å². The molecule has 0 unspecified atom stereocenters. The van der Waals surface area contributed by atoms with E-state index in [0.29, 0.717) is 28.7 Å². The van der Waals surface area contributed by atoms with Crippen LogP contribution in [0.1, 0.15) is 18.4 Å². The molecule has 88 valence electrons. The van der Waals surface area contributed by atoms with Gasteiger partial charge in [0.05, 0.1) is 22.8 Å². The van der Waals surface area contributed by atoms with Crippen LogP contribution in [0.25, 0.3) is 0 Å². The molecule has 1 fully saturated rings. The van der Waals surface area contributed by atoms with Gasteiger partial charge in [-0.05, 0) is 36.9 Å². The summed E-state index contributed by atoms with van der Waals surface area (Å²) in [5, 5.41) is 1.18. The molecule has 0 aromatic heterocycles. The topological polar surface area (TPSA) is 35.2 Å². The number of hydrogen-bond acceptors (Lipinski definition) is 2. The van der Waals surface area contributed by atoms with Gasteiger partial charge in [0.25, 0.3) is 0 Å². The van der Waals surface area contributed by atoms with Gasteiger partial charge in [-0.2, -0.15) is 0 Å². The summed E-state index contributed by atoms with van der Waals surface area (Å²) in [5.41, 5.74) is 6.50. The summed E-state index contributed by atoms with van der Waals surface area (Å²) in [4.78, 5) is 0. The summed E-state index contributed by atoms with van der Waals surface area (Å²) in [5.74, 6) is 0.639. The van der Waals surface area contributed by atoms with Gasteiger partial charge in [-0.25, -0.2) is 0 Å². The summed E-state index contributed by atoms with van der Waals surface area (Å²) in [7, 11) is 0. The SMILES string of the molecule is NCC1CC(OCc2cccc(Cl)c2Cl)C1. The zero-order valence-electron chi connectivity index (χ0n) is 8.96. The van der Waals surface area contributed by atoms with Crippen LogP contribution in [-0.2, 0) is 11.3 Å². The van der Waals surface area contributed by atoms with Crippen LogP contribution in [0.5, 0.6) is 0 Å². The van der Waals surface area contributed by atoms with Gasteiger partial charge in [0, 0.05) is 0 Å². The molecule has 2 N–H and O–H groups in total. The van der Waals surface area contributed by atoms with Gasteiger partial charge >= 0.3 is 0 Å². The highest BCUT2D eigenvalue weighted by Gasteiger charge is 2.28. The highest BCUT2D eigenvalue weighted by Crippen LogP contribution is 2.31. The van der Waals surface area contributed by atoms with Crippen molar-refractivity contribution in [1.82, 2.24) is 0 Å². The first-order valence-corrected chi connectivity index (χ1v) is 6.21. The minimum atomic E-state index is 0.337. The molecule has 4 heteroatoms. The number of nitrogens with two attached hydrogens (primary N) is 1. The number of halogens is 2. The Kier molecular flexibility index (Phi) is 4.09. The van der Waals surface area contributed by atoms with Gasteiger partial charge in [-0.1, -0.05) is 35.3 Å². The van der Waals surface area contributed by atoms with Crippen LogP contribution >= 0.6 is 23.2 Å². The van der Waals surface area contributed by atoms with Crippen LogP contribution in [0.4, 0.5) is 0 Å². The van der Waals surface area contributed by atoms with Gasteiger partial charge in [-0.15, -0.1) is 0 Å². The summed E-state index contributed by atoms with van der Waals surface area (Å²) in [6, 6.07) is 5.60. The fourth-order valence-electron chi connectivity index (χ4n) is 1.87. The molecule has 0 aliphatic heterocycles. The van der Waals surface area contributed by atoms with Crippen molar-refractivity contribution in [3.05, 3.63) is 33.8 Å². The highest BCUT2D eigenvalue weighted by atomic mass is 35.5. The van der Waals surface area contributed by atoms with E-state index in [1.807, 2.05) is 12.1 Å². The lowest BCUT2D eigenvalue weighted by atomic mass is 9.82. The second-order valence-corrected chi connectivity index (χ2v) is 5.00. The van der Waals surface area contributed by atoms with Crippen LogP contribution in [0.15, 0.2) is 18.2 Å². The normalized spacial score (nSPS) is 24.2. The van der Waals surface area contributed by atoms with Gasteiger partial charge in [-0.3, -0.25) is 0 Å². The lowest BCUT2D eigenvalue weighted by Gasteiger charge is -2.34. The Labute approximate surface area is 106 Å². The molecular weight excluding hydrogens is 245 g/mol. The Bertz CT molecular complexity index is 364. The van der Waals surface area contributed by atoms with E-state index in [-0.39, 0.29) is 0 Å². The molecule has 1 aromatic rings. The van der Waals surface area contributed by atoms with E-state index in [1.54, 1.807) is 6.07 Å². The molecule has 2 rings (SSSR count). The number of benzene rings is 1. The van der Waals surface area contributed by atoms with Crippen molar-refractivity contribution >= 4 is 23.2 Å². The number of rotatable bonds is 4. The number of hydrogen-bond donors (Lipinski definition) is 1. The van der Waals surface area contributed by atoms with Gasteiger partial charge in [0.15, 0.2) is 0 Å². The minimum absolute atomic E-state index is 0.337. The third-order valence-corrected chi connectivity index (χ3v) is 3.89. The smallest absolute Gasteiger partial charge is 0.0735 e. The van der Waals surface area contributed by atoms with Gasteiger partial charge < -0.3 is 10.5 Å². The summed E-state index contributed by atoms with van der Waals surface area (Å²) < 4.78 is 5.73. The van der Waals surface area contributed by atoms with Crippen molar-refractivity contribution in [2.45, 2.75) is 25.6 Å². The van der Waals surface area contributed by atoms with E-state index in [1.165, 1.54) is 0 Å². The standard InChI is InChI=1S/C12H15Cl2NO/c13-11-3-1-2-9(12(11)14)7-16-10-4-8(5-10)6-15/h1-3,8,10H,4-7,15H2. The fourth-order valence-corrected chi connectivity index (χ4v) is 2.25. The van der Waals surface area contributed by atoms with Crippen molar-refractivity contribution in [2.24, 2.45) is 11.7 Å². The quantitative estimate of drug-likeness (QED) is 0.901. The molecule has 0 saturated heterocycles. The average molecular weight is 260 g/mol. The molecule has 2 nitrogen and oxygen atoms in total. The Balaban J connectivity index is 1.84. The van der Waals surface area contributed by atoms with Crippen LogP contribution in [0.2, 0.25) is 10.0 Å². The Morgan fingerprint density at radius 3 is 2.75 bits per heavy atom. The molecule has 1 saturated carbocycles. The molecule has 1 aliphatic carbocycles. The van der Waals surface area contributed by atoms with E-state index >= 15 is 0 Å². The van der Waals surface area contributed by atoms with Crippen LogP contribution < -0.4 is 5.73 Å². The molecule has 16 heavy (non-hydrogen) atoms. The molecular formula is C12H15Cl2NO. The first-order chi connectivity index (χ1) is 7.70. The predicted molar refractivity (Wildman–Crippen MR) is 66.8 cm³/mol. The first kappa shape index (κ1) is 12.2. The predicted octanol–water partition coefficient (Wildman–Crippen LogP) is 3.25. The monoisotopic (exact) mass is 259 g/mol. The fraction of sp³-hybridized carbons (Fsp3) is 0.500. The molecule has 0 bridgehead atoms. The molecule has 0 amide bonds. The van der Waals surface area contributed by atoms with Crippen molar-refractivity contribution in [3.8, 4) is 0 Å². The van der Waals surface area contributed by atoms with E-state index in [2.05, 4.69) is 0 Å². The van der Waals surface area contributed by atoms with E-state index in [9.17, 15) is 0 Å². The van der Waals surface area contributed by atoms with E-state index in [4.69, 9.17) is 33.7 Å². The maximum absolute atomic E-state index is 6.06. The zero-order chi connectivity index (χ0) is 11.5. The maximum atomic E-state index is 6.06. The number of ether oxygens (including phenoxy) is 1. The minimum Gasteiger partial charge on any atom is -0.373 e. The maximum Gasteiger partial charge on any atom is 0.0735 e. The third kappa shape index (κ3) is 2.69.